The molecule has 0 atom stereocenters. The summed E-state index contributed by atoms with van der Waals surface area (Å²) in [4.78, 5) is 12.5. The molecule has 0 saturated heterocycles. The van der Waals surface area contributed by atoms with Crippen LogP contribution in [0.1, 0.15) is 10.4 Å². The second-order valence-corrected chi connectivity index (χ2v) is 5.42. The Labute approximate surface area is 138 Å². The van der Waals surface area contributed by atoms with Gasteiger partial charge in [-0.1, -0.05) is 23.7 Å². The summed E-state index contributed by atoms with van der Waals surface area (Å²) in [5, 5.41) is 14.4. The van der Waals surface area contributed by atoms with E-state index in [1.165, 1.54) is 7.11 Å². The largest absolute Gasteiger partial charge is 0.508 e. The maximum atomic E-state index is 12.5. The lowest BCUT2D eigenvalue weighted by molar-refractivity contribution is 0.102. The summed E-state index contributed by atoms with van der Waals surface area (Å²) in [6, 6.07) is 15.4. The number of phenols is 1. The standard InChI is InChI=1S/C18H14ClNO3/c1-23-13-6-8-15(16(19)10-13)18(22)20-17-4-2-3-11-9-12(21)5-7-14(11)17/h2-10,21H,1H3,(H,20,22). The van der Waals surface area contributed by atoms with E-state index in [1.807, 2.05) is 12.1 Å². The van der Waals surface area contributed by atoms with E-state index in [1.54, 1.807) is 42.5 Å². The maximum Gasteiger partial charge on any atom is 0.257 e. The van der Waals surface area contributed by atoms with E-state index in [0.717, 1.165) is 10.8 Å². The van der Waals surface area contributed by atoms with Crippen molar-refractivity contribution in [2.75, 3.05) is 12.4 Å². The fraction of sp³-hybridized carbons (Fsp3) is 0.0556. The van der Waals surface area contributed by atoms with Crippen molar-refractivity contribution in [2.24, 2.45) is 0 Å². The molecule has 116 valence electrons. The third kappa shape index (κ3) is 3.07. The van der Waals surface area contributed by atoms with Crippen LogP contribution in [0.3, 0.4) is 0 Å². The summed E-state index contributed by atoms with van der Waals surface area (Å²) >= 11 is 6.13. The highest BCUT2D eigenvalue weighted by Crippen LogP contribution is 2.28. The molecule has 3 rings (SSSR count). The number of methoxy groups -OCH3 is 1. The van der Waals surface area contributed by atoms with Crippen LogP contribution in [-0.4, -0.2) is 18.1 Å². The van der Waals surface area contributed by atoms with E-state index in [0.29, 0.717) is 22.0 Å². The number of hydrogen-bond donors (Lipinski definition) is 2. The Morgan fingerprint density at radius 1 is 1.13 bits per heavy atom. The molecule has 2 N–H and O–H groups in total. The number of fused-ring (bicyclic) bond motifs is 1. The van der Waals surface area contributed by atoms with Crippen LogP contribution in [0.4, 0.5) is 5.69 Å². The zero-order chi connectivity index (χ0) is 16.4. The van der Waals surface area contributed by atoms with E-state index in [4.69, 9.17) is 16.3 Å². The summed E-state index contributed by atoms with van der Waals surface area (Å²) in [7, 11) is 1.54. The lowest BCUT2D eigenvalue weighted by atomic mass is 10.1. The molecule has 5 heteroatoms. The Bertz CT molecular complexity index is 893. The summed E-state index contributed by atoms with van der Waals surface area (Å²) in [6.45, 7) is 0. The lowest BCUT2D eigenvalue weighted by Crippen LogP contribution is -2.12. The van der Waals surface area contributed by atoms with Crippen LogP contribution in [0.25, 0.3) is 10.8 Å². The first-order valence-electron chi connectivity index (χ1n) is 6.95. The number of halogens is 1. The van der Waals surface area contributed by atoms with Crippen LogP contribution >= 0.6 is 11.6 Å². The molecule has 23 heavy (non-hydrogen) atoms. The van der Waals surface area contributed by atoms with Gasteiger partial charge in [0.1, 0.15) is 11.5 Å². The molecule has 0 unspecified atom stereocenters. The summed E-state index contributed by atoms with van der Waals surface area (Å²) in [6.07, 6.45) is 0. The Balaban J connectivity index is 1.94. The van der Waals surface area contributed by atoms with E-state index in [2.05, 4.69) is 5.32 Å². The third-order valence-electron chi connectivity index (χ3n) is 3.53. The molecule has 1 amide bonds. The van der Waals surface area contributed by atoms with Gasteiger partial charge in [0.15, 0.2) is 0 Å². The highest BCUT2D eigenvalue weighted by molar-refractivity contribution is 6.34. The number of phenolic OH excluding ortho intramolecular Hbond substituents is 1. The van der Waals surface area contributed by atoms with Gasteiger partial charge >= 0.3 is 0 Å². The molecule has 0 aromatic heterocycles. The SMILES string of the molecule is COc1ccc(C(=O)Nc2cccc3cc(O)ccc23)c(Cl)c1. The highest BCUT2D eigenvalue weighted by atomic mass is 35.5. The molecule has 3 aromatic rings. The molecule has 0 aliphatic rings. The van der Waals surface area contributed by atoms with Gasteiger partial charge < -0.3 is 15.2 Å². The van der Waals surface area contributed by atoms with Gasteiger partial charge in [0.05, 0.1) is 17.7 Å². The molecule has 0 aliphatic heterocycles. The van der Waals surface area contributed by atoms with Gasteiger partial charge in [0.2, 0.25) is 0 Å². The van der Waals surface area contributed by atoms with Crippen LogP contribution in [-0.2, 0) is 0 Å². The van der Waals surface area contributed by atoms with Crippen molar-refractivity contribution in [3.63, 3.8) is 0 Å². The number of anilines is 1. The predicted octanol–water partition coefficient (Wildman–Crippen LogP) is 4.46. The maximum absolute atomic E-state index is 12.5. The van der Waals surface area contributed by atoms with Crippen molar-refractivity contribution in [2.45, 2.75) is 0 Å². The minimum atomic E-state index is -0.307. The Kier molecular flexibility index (Phi) is 4.08. The Morgan fingerprint density at radius 2 is 1.96 bits per heavy atom. The molecule has 0 radical (unpaired) electrons. The van der Waals surface area contributed by atoms with Crippen molar-refractivity contribution in [1.82, 2.24) is 0 Å². The number of aromatic hydroxyl groups is 1. The van der Waals surface area contributed by atoms with E-state index in [-0.39, 0.29) is 11.7 Å². The number of carbonyl (C=O) groups excluding carboxylic acids is 1. The van der Waals surface area contributed by atoms with Gasteiger partial charge in [-0.05, 0) is 47.9 Å². The van der Waals surface area contributed by atoms with Crippen molar-refractivity contribution < 1.29 is 14.6 Å². The average Bonchev–Trinajstić information content (AvgIpc) is 2.54. The molecule has 3 aromatic carbocycles. The molecular formula is C18H14ClNO3. The van der Waals surface area contributed by atoms with E-state index >= 15 is 0 Å². The summed E-state index contributed by atoms with van der Waals surface area (Å²) in [5.41, 5.74) is 1.02. The van der Waals surface area contributed by atoms with Gasteiger partial charge in [-0.3, -0.25) is 4.79 Å². The van der Waals surface area contributed by atoms with Gasteiger partial charge in [-0.2, -0.15) is 0 Å². The molecular weight excluding hydrogens is 314 g/mol. The first-order valence-corrected chi connectivity index (χ1v) is 7.33. The van der Waals surface area contributed by atoms with Crippen LogP contribution < -0.4 is 10.1 Å². The fourth-order valence-electron chi connectivity index (χ4n) is 2.38. The summed E-state index contributed by atoms with van der Waals surface area (Å²) in [5.74, 6) is 0.463. The molecule has 0 heterocycles. The third-order valence-corrected chi connectivity index (χ3v) is 3.85. The molecule has 4 nitrogen and oxygen atoms in total. The minimum absolute atomic E-state index is 0.180. The zero-order valence-electron chi connectivity index (χ0n) is 12.3. The Hall–Kier alpha value is -2.72. The smallest absolute Gasteiger partial charge is 0.257 e. The number of ether oxygens (including phenoxy) is 1. The molecule has 0 bridgehead atoms. The Morgan fingerprint density at radius 3 is 2.70 bits per heavy atom. The number of hydrogen-bond acceptors (Lipinski definition) is 3. The van der Waals surface area contributed by atoms with Gasteiger partial charge in [0, 0.05) is 11.1 Å². The van der Waals surface area contributed by atoms with Crippen LogP contribution in [0, 0.1) is 0 Å². The summed E-state index contributed by atoms with van der Waals surface area (Å²) < 4.78 is 5.08. The van der Waals surface area contributed by atoms with Crippen LogP contribution in [0.15, 0.2) is 54.6 Å². The highest BCUT2D eigenvalue weighted by Gasteiger charge is 2.13. The quantitative estimate of drug-likeness (QED) is 0.746. The van der Waals surface area contributed by atoms with Crippen molar-refractivity contribution >= 4 is 34.0 Å². The average molecular weight is 328 g/mol. The normalized spacial score (nSPS) is 10.5. The van der Waals surface area contributed by atoms with E-state index < -0.39 is 0 Å². The molecule has 0 aliphatic carbocycles. The molecule has 0 saturated carbocycles. The number of benzene rings is 3. The number of nitrogens with one attached hydrogen (secondary N) is 1. The second-order valence-electron chi connectivity index (χ2n) is 5.01. The molecule has 0 spiro atoms. The van der Waals surface area contributed by atoms with Gasteiger partial charge in [0.25, 0.3) is 5.91 Å². The lowest BCUT2D eigenvalue weighted by Gasteiger charge is -2.10. The van der Waals surface area contributed by atoms with Crippen molar-refractivity contribution in [3.8, 4) is 11.5 Å². The number of rotatable bonds is 3. The van der Waals surface area contributed by atoms with Crippen molar-refractivity contribution in [3.05, 3.63) is 65.2 Å². The van der Waals surface area contributed by atoms with E-state index in [9.17, 15) is 9.90 Å². The first-order chi connectivity index (χ1) is 11.1. The van der Waals surface area contributed by atoms with Gasteiger partial charge in [-0.25, -0.2) is 0 Å². The van der Waals surface area contributed by atoms with Gasteiger partial charge in [-0.15, -0.1) is 0 Å². The zero-order valence-corrected chi connectivity index (χ0v) is 13.1. The molecule has 0 fully saturated rings. The minimum Gasteiger partial charge on any atom is -0.508 e. The number of amides is 1. The second kappa shape index (κ2) is 6.18. The van der Waals surface area contributed by atoms with Crippen molar-refractivity contribution in [1.29, 1.82) is 0 Å². The topological polar surface area (TPSA) is 58.6 Å². The monoisotopic (exact) mass is 327 g/mol. The number of carbonyl (C=O) groups is 1. The van der Waals surface area contributed by atoms with Crippen LogP contribution in [0.2, 0.25) is 5.02 Å². The fourth-order valence-corrected chi connectivity index (χ4v) is 2.63. The van der Waals surface area contributed by atoms with Crippen LogP contribution in [0.5, 0.6) is 11.5 Å². The first kappa shape index (κ1) is 15.2. The predicted molar refractivity (Wildman–Crippen MR) is 91.6 cm³/mol.